The first-order valence-corrected chi connectivity index (χ1v) is 6.47. The Balaban J connectivity index is 2.22. The molecule has 0 spiro atoms. The third-order valence-corrected chi connectivity index (χ3v) is 3.28. The van der Waals surface area contributed by atoms with E-state index < -0.39 is 5.97 Å². The summed E-state index contributed by atoms with van der Waals surface area (Å²) >= 11 is 0. The van der Waals surface area contributed by atoms with Crippen molar-refractivity contribution in [3.8, 4) is 22.8 Å². The standard InChI is InChI=1S/C15H13N3O4/c1-7-16-13-9(15(20)21)6-10(18-14(13)17-7)8-3-4-12(22-2)11(19)5-8/h3-6,19H,1-2H3,(H,20,21)(H,16,17,18). The van der Waals surface area contributed by atoms with Gasteiger partial charge in [0, 0.05) is 5.56 Å². The molecular weight excluding hydrogens is 286 g/mol. The molecule has 112 valence electrons. The fraction of sp³-hybridized carbons (Fsp3) is 0.133. The minimum Gasteiger partial charge on any atom is -0.504 e. The Hall–Kier alpha value is -3.09. The second kappa shape index (κ2) is 5.03. The maximum atomic E-state index is 11.4. The normalized spacial score (nSPS) is 10.8. The van der Waals surface area contributed by atoms with Gasteiger partial charge in [0.05, 0.1) is 23.9 Å². The highest BCUT2D eigenvalue weighted by Crippen LogP contribution is 2.32. The summed E-state index contributed by atoms with van der Waals surface area (Å²) in [5, 5.41) is 19.2. The Labute approximate surface area is 125 Å². The number of nitrogens with one attached hydrogen (secondary N) is 1. The monoisotopic (exact) mass is 299 g/mol. The van der Waals surface area contributed by atoms with Gasteiger partial charge in [-0.2, -0.15) is 0 Å². The van der Waals surface area contributed by atoms with Crippen LogP contribution in [-0.4, -0.2) is 38.2 Å². The average molecular weight is 299 g/mol. The molecule has 22 heavy (non-hydrogen) atoms. The number of H-pyrrole nitrogens is 1. The summed E-state index contributed by atoms with van der Waals surface area (Å²) < 4.78 is 4.99. The maximum Gasteiger partial charge on any atom is 0.338 e. The van der Waals surface area contributed by atoms with Gasteiger partial charge in [0.25, 0.3) is 0 Å². The zero-order valence-electron chi connectivity index (χ0n) is 11.9. The predicted molar refractivity (Wildman–Crippen MR) is 79.2 cm³/mol. The Morgan fingerprint density at radius 1 is 1.27 bits per heavy atom. The van der Waals surface area contributed by atoms with Crippen LogP contribution in [-0.2, 0) is 0 Å². The highest BCUT2D eigenvalue weighted by Gasteiger charge is 2.16. The molecule has 0 bridgehead atoms. The number of rotatable bonds is 3. The topological polar surface area (TPSA) is 108 Å². The lowest BCUT2D eigenvalue weighted by atomic mass is 10.1. The van der Waals surface area contributed by atoms with Crippen molar-refractivity contribution in [3.05, 3.63) is 35.7 Å². The number of aromatic carboxylic acids is 1. The molecule has 3 aromatic rings. The lowest BCUT2D eigenvalue weighted by Crippen LogP contribution is -2.00. The number of ether oxygens (including phenoxy) is 1. The molecule has 0 unspecified atom stereocenters. The van der Waals surface area contributed by atoms with Crippen LogP contribution in [0.15, 0.2) is 24.3 Å². The number of carbonyl (C=O) groups is 1. The van der Waals surface area contributed by atoms with E-state index in [9.17, 15) is 15.0 Å². The fourth-order valence-electron chi connectivity index (χ4n) is 2.27. The second-order valence-corrected chi connectivity index (χ2v) is 4.77. The van der Waals surface area contributed by atoms with E-state index in [1.807, 2.05) is 0 Å². The van der Waals surface area contributed by atoms with Crippen LogP contribution in [0.3, 0.4) is 0 Å². The first kappa shape index (κ1) is 13.9. The Bertz CT molecular complexity index is 886. The summed E-state index contributed by atoms with van der Waals surface area (Å²) in [5.41, 5.74) is 1.77. The highest BCUT2D eigenvalue weighted by molar-refractivity contribution is 6.01. The molecule has 0 radical (unpaired) electrons. The van der Waals surface area contributed by atoms with Gasteiger partial charge in [-0.25, -0.2) is 14.8 Å². The molecule has 0 aliphatic carbocycles. The van der Waals surface area contributed by atoms with Gasteiger partial charge in [-0.15, -0.1) is 0 Å². The van der Waals surface area contributed by atoms with Gasteiger partial charge in [0.15, 0.2) is 17.1 Å². The molecule has 2 aromatic heterocycles. The number of aryl methyl sites for hydroxylation is 1. The maximum absolute atomic E-state index is 11.4. The summed E-state index contributed by atoms with van der Waals surface area (Å²) in [6.45, 7) is 1.73. The number of imidazole rings is 1. The number of phenols is 1. The van der Waals surface area contributed by atoms with E-state index in [0.29, 0.717) is 34.0 Å². The Morgan fingerprint density at radius 3 is 2.68 bits per heavy atom. The molecule has 1 aromatic carbocycles. The van der Waals surface area contributed by atoms with Crippen LogP contribution in [0, 0.1) is 6.92 Å². The van der Waals surface area contributed by atoms with Gasteiger partial charge >= 0.3 is 5.97 Å². The molecule has 7 heteroatoms. The number of benzene rings is 1. The molecule has 7 nitrogen and oxygen atoms in total. The zero-order chi connectivity index (χ0) is 15.9. The van der Waals surface area contributed by atoms with Crippen LogP contribution in [0.5, 0.6) is 11.5 Å². The SMILES string of the molecule is COc1ccc(-c2cc(C(=O)O)c3[nH]c(C)nc3n2)cc1O. The van der Waals surface area contributed by atoms with Gasteiger partial charge in [0.1, 0.15) is 5.82 Å². The van der Waals surface area contributed by atoms with Crippen LogP contribution in [0.2, 0.25) is 0 Å². The number of aromatic hydroxyl groups is 1. The van der Waals surface area contributed by atoms with E-state index in [2.05, 4.69) is 15.0 Å². The molecule has 0 saturated carbocycles. The van der Waals surface area contributed by atoms with E-state index in [1.165, 1.54) is 19.2 Å². The smallest absolute Gasteiger partial charge is 0.338 e. The van der Waals surface area contributed by atoms with Crippen molar-refractivity contribution in [1.82, 2.24) is 15.0 Å². The van der Waals surface area contributed by atoms with Crippen molar-refractivity contribution < 1.29 is 19.7 Å². The molecule has 0 fully saturated rings. The number of aromatic amines is 1. The molecule has 0 aliphatic rings. The number of aromatic nitrogens is 3. The van der Waals surface area contributed by atoms with Crippen molar-refractivity contribution in [1.29, 1.82) is 0 Å². The third-order valence-electron chi connectivity index (χ3n) is 3.28. The van der Waals surface area contributed by atoms with E-state index in [-0.39, 0.29) is 11.3 Å². The zero-order valence-corrected chi connectivity index (χ0v) is 11.9. The summed E-state index contributed by atoms with van der Waals surface area (Å²) in [5.74, 6) is -0.203. The lowest BCUT2D eigenvalue weighted by Gasteiger charge is -2.07. The molecule has 3 rings (SSSR count). The number of carboxylic acids is 1. The number of phenolic OH excluding ortho intramolecular Hbond substituents is 1. The first-order chi connectivity index (χ1) is 10.5. The summed E-state index contributed by atoms with van der Waals surface area (Å²) in [4.78, 5) is 22.9. The minimum atomic E-state index is -1.07. The van der Waals surface area contributed by atoms with E-state index >= 15 is 0 Å². The van der Waals surface area contributed by atoms with Crippen LogP contribution in [0.25, 0.3) is 22.4 Å². The van der Waals surface area contributed by atoms with Crippen molar-refractivity contribution in [2.24, 2.45) is 0 Å². The summed E-state index contributed by atoms with van der Waals surface area (Å²) in [7, 11) is 1.45. The number of carboxylic acid groups (broad SMARTS) is 1. The largest absolute Gasteiger partial charge is 0.504 e. The third kappa shape index (κ3) is 2.22. The van der Waals surface area contributed by atoms with Crippen molar-refractivity contribution in [2.75, 3.05) is 7.11 Å². The molecule has 2 heterocycles. The number of hydrogen-bond donors (Lipinski definition) is 3. The Morgan fingerprint density at radius 2 is 2.05 bits per heavy atom. The van der Waals surface area contributed by atoms with Crippen molar-refractivity contribution >= 4 is 17.1 Å². The molecule has 0 aliphatic heterocycles. The van der Waals surface area contributed by atoms with E-state index in [1.54, 1.807) is 19.1 Å². The number of methoxy groups -OCH3 is 1. The van der Waals surface area contributed by atoms with Crippen LogP contribution >= 0.6 is 0 Å². The van der Waals surface area contributed by atoms with Crippen LogP contribution in [0.1, 0.15) is 16.2 Å². The van der Waals surface area contributed by atoms with Crippen LogP contribution in [0.4, 0.5) is 0 Å². The van der Waals surface area contributed by atoms with Gasteiger partial charge < -0.3 is 19.9 Å². The van der Waals surface area contributed by atoms with E-state index in [4.69, 9.17) is 4.74 Å². The summed E-state index contributed by atoms with van der Waals surface area (Å²) in [6, 6.07) is 6.20. The van der Waals surface area contributed by atoms with Crippen LogP contribution < -0.4 is 4.74 Å². The fourth-order valence-corrected chi connectivity index (χ4v) is 2.27. The average Bonchev–Trinajstić information content (AvgIpc) is 2.85. The van der Waals surface area contributed by atoms with Crippen molar-refractivity contribution in [2.45, 2.75) is 6.92 Å². The molecular formula is C15H13N3O4. The van der Waals surface area contributed by atoms with E-state index in [0.717, 1.165) is 0 Å². The molecule has 0 atom stereocenters. The quantitative estimate of drug-likeness (QED) is 0.685. The summed E-state index contributed by atoms with van der Waals surface area (Å²) in [6.07, 6.45) is 0. The molecule has 0 saturated heterocycles. The second-order valence-electron chi connectivity index (χ2n) is 4.77. The van der Waals surface area contributed by atoms with Gasteiger partial charge in [-0.1, -0.05) is 0 Å². The molecule has 3 N–H and O–H groups in total. The lowest BCUT2D eigenvalue weighted by molar-refractivity contribution is 0.0699. The minimum absolute atomic E-state index is 0.0445. The Kier molecular flexibility index (Phi) is 3.17. The van der Waals surface area contributed by atoms with Gasteiger partial charge in [-0.3, -0.25) is 0 Å². The highest BCUT2D eigenvalue weighted by atomic mass is 16.5. The number of fused-ring (bicyclic) bond motifs is 1. The van der Waals surface area contributed by atoms with Gasteiger partial charge in [-0.05, 0) is 31.2 Å². The number of nitrogens with zero attached hydrogens (tertiary/aromatic N) is 2. The molecule has 0 amide bonds. The first-order valence-electron chi connectivity index (χ1n) is 6.47. The number of hydrogen-bond acceptors (Lipinski definition) is 5. The predicted octanol–water partition coefficient (Wildman–Crippen LogP) is 2.35. The van der Waals surface area contributed by atoms with Crippen molar-refractivity contribution in [3.63, 3.8) is 0 Å². The number of pyridine rings is 1. The van der Waals surface area contributed by atoms with Gasteiger partial charge in [0.2, 0.25) is 0 Å².